The fourth-order valence-electron chi connectivity index (χ4n) is 2.95. The van der Waals surface area contributed by atoms with Gasteiger partial charge in [-0.25, -0.2) is 4.98 Å². The number of imidazole rings is 1. The van der Waals surface area contributed by atoms with Crippen LogP contribution in [0.1, 0.15) is 19.1 Å². The van der Waals surface area contributed by atoms with Gasteiger partial charge in [0.2, 0.25) is 5.95 Å². The number of hydrogen-bond donors (Lipinski definition) is 4. The summed E-state index contributed by atoms with van der Waals surface area (Å²) in [5, 5.41) is 33.8. The molecule has 2 heterocycles. The molecule has 1 aliphatic heterocycles. The van der Waals surface area contributed by atoms with Crippen LogP contribution in [0.5, 0.6) is 0 Å². The summed E-state index contributed by atoms with van der Waals surface area (Å²) in [4.78, 5) is 4.52. The summed E-state index contributed by atoms with van der Waals surface area (Å²) >= 11 is 12.2. The largest absolute Gasteiger partial charge is 0.394 e. The molecule has 0 spiro atoms. The minimum absolute atomic E-state index is 0.323. The van der Waals surface area contributed by atoms with Gasteiger partial charge in [0, 0.05) is 6.04 Å². The molecular formula is C15H17Cl2N3O4. The van der Waals surface area contributed by atoms with Crippen LogP contribution >= 0.6 is 23.2 Å². The van der Waals surface area contributed by atoms with E-state index >= 15 is 0 Å². The van der Waals surface area contributed by atoms with Crippen LogP contribution in [0.3, 0.4) is 0 Å². The molecular weight excluding hydrogens is 357 g/mol. The summed E-state index contributed by atoms with van der Waals surface area (Å²) in [6.45, 7) is -0.390. The van der Waals surface area contributed by atoms with Gasteiger partial charge in [0.15, 0.2) is 6.23 Å². The van der Waals surface area contributed by atoms with Crippen molar-refractivity contribution in [2.45, 2.75) is 43.4 Å². The van der Waals surface area contributed by atoms with Crippen molar-refractivity contribution in [1.82, 2.24) is 9.55 Å². The van der Waals surface area contributed by atoms with Crippen LogP contribution in [0.25, 0.3) is 11.0 Å². The van der Waals surface area contributed by atoms with E-state index in [1.807, 2.05) is 0 Å². The molecule has 1 aliphatic carbocycles. The van der Waals surface area contributed by atoms with Crippen molar-refractivity contribution < 1.29 is 20.1 Å². The quantitative estimate of drug-likeness (QED) is 0.648. The van der Waals surface area contributed by atoms with Crippen molar-refractivity contribution in [1.29, 1.82) is 0 Å². The number of fused-ring (bicyclic) bond motifs is 1. The highest BCUT2D eigenvalue weighted by Crippen LogP contribution is 2.38. The van der Waals surface area contributed by atoms with E-state index in [1.165, 1.54) is 0 Å². The number of nitrogens with one attached hydrogen (secondary N) is 1. The van der Waals surface area contributed by atoms with E-state index in [4.69, 9.17) is 27.9 Å². The van der Waals surface area contributed by atoms with Crippen LogP contribution in [-0.2, 0) is 4.74 Å². The van der Waals surface area contributed by atoms with Crippen LogP contribution in [0, 0.1) is 0 Å². The van der Waals surface area contributed by atoms with Gasteiger partial charge in [-0.2, -0.15) is 0 Å². The topological polar surface area (TPSA) is 99.8 Å². The predicted octanol–water partition coefficient (Wildman–Crippen LogP) is 1.53. The Morgan fingerprint density at radius 3 is 2.54 bits per heavy atom. The lowest BCUT2D eigenvalue weighted by Gasteiger charge is -2.20. The smallest absolute Gasteiger partial charge is 0.206 e. The molecule has 4 atom stereocenters. The second kappa shape index (κ2) is 6.01. The number of benzene rings is 1. The third kappa shape index (κ3) is 2.65. The molecule has 130 valence electrons. The number of aliphatic hydroxyl groups is 3. The molecule has 1 saturated heterocycles. The van der Waals surface area contributed by atoms with E-state index in [1.54, 1.807) is 16.7 Å². The van der Waals surface area contributed by atoms with Gasteiger partial charge in [-0.15, -0.1) is 0 Å². The van der Waals surface area contributed by atoms with E-state index in [2.05, 4.69) is 10.3 Å². The molecule has 9 heteroatoms. The summed E-state index contributed by atoms with van der Waals surface area (Å²) < 4.78 is 7.32. The standard InChI is InChI=1S/C15H17Cl2N3O4/c16-7-3-9-10(4-8(7)17)20(15(19-9)18-6-1-2-6)14-13(23)12(22)11(5-21)24-14/h3-4,6,11-14,21-23H,1-2,5H2,(H,18,19)/t11-,12-,13-,14+/m1/s1. The van der Waals surface area contributed by atoms with Crippen molar-refractivity contribution in [3.05, 3.63) is 22.2 Å². The van der Waals surface area contributed by atoms with Gasteiger partial charge in [0.1, 0.15) is 18.3 Å². The molecule has 2 aromatic rings. The fourth-order valence-corrected chi connectivity index (χ4v) is 3.27. The number of rotatable bonds is 4. The number of halogens is 2. The van der Waals surface area contributed by atoms with Gasteiger partial charge >= 0.3 is 0 Å². The zero-order valence-electron chi connectivity index (χ0n) is 12.6. The SMILES string of the molecule is OC[C@H]1O[C@H](n2c(NC3CC3)nc3cc(Cl)c(Cl)cc32)[C@H](O)[C@@H]1O. The van der Waals surface area contributed by atoms with Crippen molar-refractivity contribution in [3.8, 4) is 0 Å². The molecule has 0 unspecified atom stereocenters. The lowest BCUT2D eigenvalue weighted by Crippen LogP contribution is -2.33. The summed E-state index contributed by atoms with van der Waals surface area (Å²) in [6.07, 6.45) is -2.05. The summed E-state index contributed by atoms with van der Waals surface area (Å²) in [7, 11) is 0. The summed E-state index contributed by atoms with van der Waals surface area (Å²) in [5.41, 5.74) is 1.23. The maximum absolute atomic E-state index is 10.4. The Balaban J connectivity index is 1.83. The molecule has 4 N–H and O–H groups in total. The number of aromatic nitrogens is 2. The molecule has 0 amide bonds. The maximum Gasteiger partial charge on any atom is 0.206 e. The van der Waals surface area contributed by atoms with Crippen LogP contribution < -0.4 is 5.32 Å². The number of aliphatic hydroxyl groups excluding tert-OH is 3. The van der Waals surface area contributed by atoms with Crippen LogP contribution in [0.15, 0.2) is 12.1 Å². The van der Waals surface area contributed by atoms with Crippen LogP contribution in [0.4, 0.5) is 5.95 Å². The summed E-state index contributed by atoms with van der Waals surface area (Å²) in [6, 6.07) is 3.62. The van der Waals surface area contributed by atoms with E-state index in [-0.39, 0.29) is 6.61 Å². The van der Waals surface area contributed by atoms with Crippen LogP contribution in [0.2, 0.25) is 10.0 Å². The second-order valence-corrected chi connectivity index (χ2v) is 7.02. The zero-order valence-corrected chi connectivity index (χ0v) is 14.1. The number of nitrogens with zero attached hydrogens (tertiary/aromatic N) is 2. The Bertz CT molecular complexity index is 780. The minimum Gasteiger partial charge on any atom is -0.394 e. The Hall–Kier alpha value is -1.09. The Kier molecular flexibility index (Phi) is 4.11. The Morgan fingerprint density at radius 1 is 1.21 bits per heavy atom. The van der Waals surface area contributed by atoms with E-state index in [0.717, 1.165) is 12.8 Å². The molecule has 1 aromatic heterocycles. The average Bonchev–Trinajstić information content (AvgIpc) is 3.25. The monoisotopic (exact) mass is 373 g/mol. The first-order valence-electron chi connectivity index (χ1n) is 7.75. The third-order valence-corrected chi connectivity index (χ3v) is 5.14. The summed E-state index contributed by atoms with van der Waals surface area (Å²) in [5.74, 6) is 0.515. The van der Waals surface area contributed by atoms with Crippen molar-refractivity contribution >= 4 is 40.2 Å². The normalized spacial score (nSPS) is 30.2. The predicted molar refractivity (Wildman–Crippen MR) is 89.4 cm³/mol. The highest BCUT2D eigenvalue weighted by atomic mass is 35.5. The molecule has 4 rings (SSSR count). The lowest BCUT2D eigenvalue weighted by atomic mass is 10.1. The average molecular weight is 374 g/mol. The van der Waals surface area contributed by atoms with Crippen molar-refractivity contribution in [3.63, 3.8) is 0 Å². The molecule has 2 fully saturated rings. The number of anilines is 1. The third-order valence-electron chi connectivity index (χ3n) is 4.41. The van der Waals surface area contributed by atoms with Gasteiger partial charge in [-0.3, -0.25) is 4.57 Å². The number of ether oxygens (including phenoxy) is 1. The molecule has 2 aliphatic rings. The zero-order chi connectivity index (χ0) is 17.0. The molecule has 7 nitrogen and oxygen atoms in total. The van der Waals surface area contributed by atoms with Crippen molar-refractivity contribution in [2.24, 2.45) is 0 Å². The fraction of sp³-hybridized carbons (Fsp3) is 0.533. The Morgan fingerprint density at radius 2 is 1.92 bits per heavy atom. The molecule has 1 saturated carbocycles. The van der Waals surface area contributed by atoms with Gasteiger partial charge in [-0.05, 0) is 25.0 Å². The molecule has 24 heavy (non-hydrogen) atoms. The maximum atomic E-state index is 10.4. The molecule has 0 radical (unpaired) electrons. The highest BCUT2D eigenvalue weighted by Gasteiger charge is 2.45. The molecule has 1 aromatic carbocycles. The molecule has 0 bridgehead atoms. The minimum atomic E-state index is -1.20. The highest BCUT2D eigenvalue weighted by molar-refractivity contribution is 6.42. The second-order valence-electron chi connectivity index (χ2n) is 6.21. The van der Waals surface area contributed by atoms with Gasteiger partial charge in [-0.1, -0.05) is 23.2 Å². The van der Waals surface area contributed by atoms with E-state index in [0.29, 0.717) is 33.1 Å². The van der Waals surface area contributed by atoms with Crippen LogP contribution in [-0.4, -0.2) is 55.8 Å². The number of hydrogen-bond acceptors (Lipinski definition) is 6. The first-order valence-corrected chi connectivity index (χ1v) is 8.51. The van der Waals surface area contributed by atoms with Gasteiger partial charge < -0.3 is 25.4 Å². The first-order chi connectivity index (χ1) is 11.5. The first kappa shape index (κ1) is 16.4. The lowest BCUT2D eigenvalue weighted by molar-refractivity contribution is -0.0499. The van der Waals surface area contributed by atoms with E-state index < -0.39 is 24.5 Å². The Labute approximate surface area is 147 Å². The van der Waals surface area contributed by atoms with Gasteiger partial charge in [0.25, 0.3) is 0 Å². The van der Waals surface area contributed by atoms with E-state index in [9.17, 15) is 15.3 Å². The van der Waals surface area contributed by atoms with Gasteiger partial charge in [0.05, 0.1) is 27.7 Å². The van der Waals surface area contributed by atoms with Crippen molar-refractivity contribution in [2.75, 3.05) is 11.9 Å².